The molecule has 2 atom stereocenters. The topological polar surface area (TPSA) is 41.1 Å². The molecule has 98 valence electrons. The highest BCUT2D eigenvalue weighted by atomic mass is 19.1. The molecule has 1 fully saturated rings. The van der Waals surface area contributed by atoms with Gasteiger partial charge in [-0.2, -0.15) is 0 Å². The first-order valence-corrected chi connectivity index (χ1v) is 6.43. The summed E-state index contributed by atoms with van der Waals surface area (Å²) in [7, 11) is 0. The molecule has 1 unspecified atom stereocenters. The molecule has 0 spiro atoms. The molecule has 1 saturated heterocycles. The van der Waals surface area contributed by atoms with Gasteiger partial charge in [-0.25, -0.2) is 4.39 Å². The first kappa shape index (κ1) is 13.0. The molecule has 0 aromatic heterocycles. The van der Waals surface area contributed by atoms with Crippen molar-refractivity contribution in [3.8, 4) is 0 Å². The second kappa shape index (κ2) is 5.96. The van der Waals surface area contributed by atoms with Crippen LogP contribution in [0.25, 0.3) is 0 Å². The molecule has 1 aliphatic rings. The van der Waals surface area contributed by atoms with Crippen LogP contribution in [-0.4, -0.2) is 19.0 Å². The Bertz CT molecular complexity index is 399. The minimum atomic E-state index is -0.256. The largest absolute Gasteiger partial charge is 0.349 e. The van der Waals surface area contributed by atoms with Gasteiger partial charge in [-0.3, -0.25) is 4.79 Å². The van der Waals surface area contributed by atoms with E-state index in [1.54, 1.807) is 12.1 Å². The van der Waals surface area contributed by atoms with Crippen molar-refractivity contribution in [1.82, 2.24) is 10.6 Å². The van der Waals surface area contributed by atoms with Crippen molar-refractivity contribution < 1.29 is 9.18 Å². The SMILES string of the molecule is CC(NC(=O)[C@H]1CCCNC1)c1ccc(F)cc1. The Balaban J connectivity index is 1.91. The van der Waals surface area contributed by atoms with E-state index in [4.69, 9.17) is 0 Å². The molecule has 3 nitrogen and oxygen atoms in total. The quantitative estimate of drug-likeness (QED) is 0.861. The van der Waals surface area contributed by atoms with Gasteiger partial charge in [0.1, 0.15) is 5.82 Å². The summed E-state index contributed by atoms with van der Waals surface area (Å²) in [5.74, 6) is -0.116. The van der Waals surface area contributed by atoms with Crippen LogP contribution in [-0.2, 0) is 4.79 Å². The van der Waals surface area contributed by atoms with Crippen LogP contribution in [0.1, 0.15) is 31.4 Å². The van der Waals surface area contributed by atoms with E-state index >= 15 is 0 Å². The van der Waals surface area contributed by atoms with Crippen molar-refractivity contribution >= 4 is 5.91 Å². The second-order valence-corrected chi connectivity index (χ2v) is 4.83. The highest BCUT2D eigenvalue weighted by molar-refractivity contribution is 5.79. The van der Waals surface area contributed by atoms with Gasteiger partial charge in [-0.1, -0.05) is 12.1 Å². The maximum atomic E-state index is 12.8. The molecule has 2 rings (SSSR count). The van der Waals surface area contributed by atoms with Gasteiger partial charge in [-0.15, -0.1) is 0 Å². The Morgan fingerprint density at radius 2 is 2.17 bits per heavy atom. The van der Waals surface area contributed by atoms with Crippen molar-refractivity contribution in [2.24, 2.45) is 5.92 Å². The summed E-state index contributed by atoms with van der Waals surface area (Å²) in [6.07, 6.45) is 1.98. The van der Waals surface area contributed by atoms with E-state index in [1.165, 1.54) is 12.1 Å². The van der Waals surface area contributed by atoms with Gasteiger partial charge < -0.3 is 10.6 Å². The first-order chi connectivity index (χ1) is 8.66. The summed E-state index contributed by atoms with van der Waals surface area (Å²) in [6.45, 7) is 3.67. The highest BCUT2D eigenvalue weighted by Gasteiger charge is 2.22. The molecule has 18 heavy (non-hydrogen) atoms. The number of piperidine rings is 1. The zero-order valence-electron chi connectivity index (χ0n) is 10.6. The summed E-state index contributed by atoms with van der Waals surface area (Å²) in [4.78, 5) is 12.0. The Hall–Kier alpha value is -1.42. The molecule has 4 heteroatoms. The van der Waals surface area contributed by atoms with E-state index in [0.717, 1.165) is 31.5 Å². The van der Waals surface area contributed by atoms with Gasteiger partial charge in [0.15, 0.2) is 0 Å². The standard InChI is InChI=1S/C14H19FN2O/c1-10(11-4-6-13(15)7-5-11)17-14(18)12-3-2-8-16-9-12/h4-7,10,12,16H,2-3,8-9H2,1H3,(H,17,18)/t10?,12-/m0/s1. The Morgan fingerprint density at radius 3 is 2.78 bits per heavy atom. The van der Waals surface area contributed by atoms with E-state index in [-0.39, 0.29) is 23.7 Å². The molecule has 1 aromatic carbocycles. The van der Waals surface area contributed by atoms with Gasteiger partial charge in [0.05, 0.1) is 12.0 Å². The fourth-order valence-electron chi connectivity index (χ4n) is 2.24. The van der Waals surface area contributed by atoms with Crippen LogP contribution in [0.4, 0.5) is 4.39 Å². The number of halogens is 1. The number of amides is 1. The molecule has 2 N–H and O–H groups in total. The monoisotopic (exact) mass is 250 g/mol. The van der Waals surface area contributed by atoms with Crippen LogP contribution in [0.5, 0.6) is 0 Å². The van der Waals surface area contributed by atoms with Crippen LogP contribution >= 0.6 is 0 Å². The van der Waals surface area contributed by atoms with Gasteiger partial charge in [-0.05, 0) is 44.0 Å². The van der Waals surface area contributed by atoms with Gasteiger partial charge in [0.2, 0.25) is 5.91 Å². The Labute approximate surface area is 107 Å². The van der Waals surface area contributed by atoms with Crippen molar-refractivity contribution in [3.63, 3.8) is 0 Å². The van der Waals surface area contributed by atoms with Crippen molar-refractivity contribution in [2.75, 3.05) is 13.1 Å². The summed E-state index contributed by atoms with van der Waals surface area (Å²) in [6, 6.07) is 6.17. The zero-order valence-corrected chi connectivity index (χ0v) is 10.6. The molecular formula is C14H19FN2O. The molecule has 1 heterocycles. The fourth-order valence-corrected chi connectivity index (χ4v) is 2.24. The van der Waals surface area contributed by atoms with E-state index in [9.17, 15) is 9.18 Å². The summed E-state index contributed by atoms with van der Waals surface area (Å²) < 4.78 is 12.8. The number of carbonyl (C=O) groups excluding carboxylic acids is 1. The van der Waals surface area contributed by atoms with E-state index in [0.29, 0.717) is 0 Å². The third-order valence-corrected chi connectivity index (χ3v) is 3.40. The summed E-state index contributed by atoms with van der Waals surface area (Å²) in [5.41, 5.74) is 0.925. The van der Waals surface area contributed by atoms with Crippen LogP contribution in [0.3, 0.4) is 0 Å². The number of benzene rings is 1. The summed E-state index contributed by atoms with van der Waals surface area (Å²) in [5, 5.41) is 6.21. The summed E-state index contributed by atoms with van der Waals surface area (Å²) >= 11 is 0. The normalized spacial score (nSPS) is 21.3. The lowest BCUT2D eigenvalue weighted by Gasteiger charge is -2.24. The van der Waals surface area contributed by atoms with Gasteiger partial charge >= 0.3 is 0 Å². The molecule has 0 saturated carbocycles. The molecule has 0 bridgehead atoms. The van der Waals surface area contributed by atoms with Crippen LogP contribution in [0.15, 0.2) is 24.3 Å². The van der Waals surface area contributed by atoms with Crippen molar-refractivity contribution in [2.45, 2.75) is 25.8 Å². The maximum Gasteiger partial charge on any atom is 0.224 e. The molecule has 0 aliphatic carbocycles. The Kier molecular flexibility index (Phi) is 4.31. The van der Waals surface area contributed by atoms with E-state index in [2.05, 4.69) is 10.6 Å². The lowest BCUT2D eigenvalue weighted by Crippen LogP contribution is -2.41. The fraction of sp³-hybridized carbons (Fsp3) is 0.500. The number of rotatable bonds is 3. The average molecular weight is 250 g/mol. The van der Waals surface area contributed by atoms with Gasteiger partial charge in [0.25, 0.3) is 0 Å². The minimum absolute atomic E-state index is 0.0571. The van der Waals surface area contributed by atoms with Crippen LogP contribution in [0.2, 0.25) is 0 Å². The van der Waals surface area contributed by atoms with Crippen LogP contribution in [0, 0.1) is 11.7 Å². The number of carbonyl (C=O) groups is 1. The number of nitrogens with one attached hydrogen (secondary N) is 2. The lowest BCUT2D eigenvalue weighted by atomic mass is 9.98. The zero-order chi connectivity index (χ0) is 13.0. The smallest absolute Gasteiger partial charge is 0.224 e. The molecule has 0 radical (unpaired) electrons. The molecule has 1 aromatic rings. The highest BCUT2D eigenvalue weighted by Crippen LogP contribution is 2.16. The maximum absolute atomic E-state index is 12.8. The average Bonchev–Trinajstić information content (AvgIpc) is 2.40. The van der Waals surface area contributed by atoms with Gasteiger partial charge in [0, 0.05) is 6.54 Å². The predicted molar refractivity (Wildman–Crippen MR) is 68.6 cm³/mol. The van der Waals surface area contributed by atoms with Crippen LogP contribution < -0.4 is 10.6 Å². The number of hydrogen-bond acceptors (Lipinski definition) is 2. The Morgan fingerprint density at radius 1 is 1.44 bits per heavy atom. The second-order valence-electron chi connectivity index (χ2n) is 4.83. The van der Waals surface area contributed by atoms with E-state index < -0.39 is 0 Å². The third kappa shape index (κ3) is 3.29. The third-order valence-electron chi connectivity index (χ3n) is 3.40. The van der Waals surface area contributed by atoms with Crippen molar-refractivity contribution in [3.05, 3.63) is 35.6 Å². The molecular weight excluding hydrogens is 231 g/mol. The van der Waals surface area contributed by atoms with E-state index in [1.807, 2.05) is 6.92 Å². The lowest BCUT2D eigenvalue weighted by molar-refractivity contribution is -0.126. The first-order valence-electron chi connectivity index (χ1n) is 6.43. The van der Waals surface area contributed by atoms with Crippen molar-refractivity contribution in [1.29, 1.82) is 0 Å². The predicted octanol–water partition coefficient (Wildman–Crippen LogP) is 2.00. The molecule has 1 amide bonds. The molecule has 1 aliphatic heterocycles. The number of hydrogen-bond donors (Lipinski definition) is 2. The minimum Gasteiger partial charge on any atom is -0.349 e.